The number of amides is 1. The van der Waals surface area contributed by atoms with E-state index in [4.69, 9.17) is 9.57 Å². The molecule has 0 aliphatic heterocycles. The van der Waals surface area contributed by atoms with Crippen LogP contribution in [0.2, 0.25) is 0 Å². The minimum Gasteiger partial charge on any atom is -0.569 e. The zero-order valence-electron chi connectivity index (χ0n) is 26.4. The lowest BCUT2D eigenvalue weighted by molar-refractivity contribution is -0.713. The predicted molar refractivity (Wildman–Crippen MR) is 160 cm³/mol. The molecule has 1 amide bonds. The monoisotopic (exact) mass is 684 g/mol. The molecule has 18 heteroatoms. The molecule has 3 atom stereocenters. The lowest BCUT2D eigenvalue weighted by Crippen LogP contribution is -2.52. The number of carbonyl (C=O) groups is 2. The second-order valence-electron chi connectivity index (χ2n) is 10.4. The van der Waals surface area contributed by atoms with Crippen LogP contribution >= 0.6 is 0 Å². The molecule has 0 saturated carbocycles. The number of benzene rings is 2. The Morgan fingerprint density at radius 3 is 2.28 bits per heavy atom. The Hall–Kier alpha value is -4.87. The van der Waals surface area contributed by atoms with Crippen LogP contribution in [0.4, 0.5) is 18.0 Å². The molecule has 0 saturated heterocycles. The van der Waals surface area contributed by atoms with Crippen molar-refractivity contribution in [1.82, 2.24) is 19.5 Å². The van der Waals surface area contributed by atoms with Crippen molar-refractivity contribution in [2.24, 2.45) is 11.2 Å². The average molecular weight is 685 g/mol. The van der Waals surface area contributed by atoms with Gasteiger partial charge in [-0.2, -0.15) is 18.3 Å². The predicted octanol–water partition coefficient (Wildman–Crippen LogP) is 5.35. The van der Waals surface area contributed by atoms with Gasteiger partial charge in [0.1, 0.15) is 0 Å². The minimum atomic E-state index is -4.73. The Labute approximate surface area is 269 Å². The molecule has 1 N–H and O–H groups in total. The van der Waals surface area contributed by atoms with Gasteiger partial charge >= 0.3 is 12.3 Å². The number of hydrogen-bond donors (Lipinski definition) is 1. The van der Waals surface area contributed by atoms with Crippen LogP contribution in [-0.4, -0.2) is 66.2 Å². The van der Waals surface area contributed by atoms with Gasteiger partial charge in [0.15, 0.2) is 11.7 Å². The Balaban J connectivity index is 1.84. The number of ether oxygens (including phenoxy) is 2. The number of rotatable bonds is 13. The third-order valence-corrected chi connectivity index (χ3v) is 8.25. The maximum absolute atomic E-state index is 13.6. The first-order valence-electron chi connectivity index (χ1n) is 14.3. The van der Waals surface area contributed by atoms with Gasteiger partial charge in [-0.05, 0) is 50.1 Å². The summed E-state index contributed by atoms with van der Waals surface area (Å²) in [4.78, 5) is 29.0. The molecule has 0 spiro atoms. The summed E-state index contributed by atoms with van der Waals surface area (Å²) in [7, 11) is -3.34. The zero-order chi connectivity index (χ0) is 35.1. The highest BCUT2D eigenvalue weighted by molar-refractivity contribution is 7.90. The number of hydrazine groups is 1. The van der Waals surface area contributed by atoms with Crippen LogP contribution in [0.5, 0.6) is 0 Å². The number of aryl methyl sites for hydroxylation is 1. The SMILES string of the molecule is CCOC(=O)OC(C)ON=[N+]([O-])N(C)[C@H](C(=O)NS(=O)(=O)c1ccc(-n2nc(C(F)(F)F)cc2-c2ccc(C)cc2)cc1)[C@H](C)CC. The number of alkyl halides is 3. The summed E-state index contributed by atoms with van der Waals surface area (Å²) in [6, 6.07) is 11.0. The molecule has 47 heavy (non-hydrogen) atoms. The number of carbonyl (C=O) groups excluding carboxylic acids is 2. The van der Waals surface area contributed by atoms with Gasteiger partial charge in [0.05, 0.1) is 34.9 Å². The molecular formula is C29H35F3N6O8S. The third-order valence-electron chi connectivity index (χ3n) is 6.89. The number of halogens is 3. The second-order valence-corrected chi connectivity index (χ2v) is 12.0. The van der Waals surface area contributed by atoms with E-state index in [1.165, 1.54) is 26.1 Å². The van der Waals surface area contributed by atoms with Gasteiger partial charge in [-0.3, -0.25) is 9.63 Å². The fourth-order valence-electron chi connectivity index (χ4n) is 4.26. The smallest absolute Gasteiger partial charge is 0.511 e. The molecule has 0 fully saturated rings. The molecule has 3 rings (SSSR count). The fraction of sp³-hybridized carbons (Fsp3) is 0.414. The standard InChI is InChI=1S/C29H35F3N6O8S/c1-7-19(4)26(36(6)38(41)35-46-20(5)45-28(40)44-8-2)27(39)34-47(42,43)23-15-13-22(14-16-23)37-24(17-25(33-37)29(30,31)32)21-11-9-18(3)10-12-21/h9-17,19-20,26H,7-8H2,1-6H3,(H,34,39)/t19-,20?,26+/m1/s1. The molecule has 1 unspecified atom stereocenters. The maximum Gasteiger partial charge on any atom is 0.511 e. The molecule has 2 aromatic carbocycles. The molecule has 256 valence electrons. The molecule has 3 aromatic rings. The highest BCUT2D eigenvalue weighted by Gasteiger charge is 2.37. The van der Waals surface area contributed by atoms with Gasteiger partial charge < -0.3 is 14.7 Å². The Kier molecular flexibility index (Phi) is 11.8. The second kappa shape index (κ2) is 15.1. The summed E-state index contributed by atoms with van der Waals surface area (Å²) >= 11 is 0. The van der Waals surface area contributed by atoms with Gasteiger partial charge in [-0.1, -0.05) is 50.1 Å². The van der Waals surface area contributed by atoms with E-state index < -0.39 is 52.2 Å². The topological polar surface area (TPSA) is 167 Å². The molecule has 0 aliphatic carbocycles. The number of nitrogens with one attached hydrogen (secondary N) is 1. The van der Waals surface area contributed by atoms with Crippen molar-refractivity contribution >= 4 is 22.1 Å². The lowest BCUT2D eigenvalue weighted by atomic mass is 9.98. The van der Waals surface area contributed by atoms with E-state index in [-0.39, 0.29) is 27.9 Å². The number of nitrogens with zero attached hydrogens (tertiary/aromatic N) is 5. The largest absolute Gasteiger partial charge is 0.569 e. The number of sulfonamides is 1. The van der Waals surface area contributed by atoms with Crippen molar-refractivity contribution in [2.75, 3.05) is 13.7 Å². The van der Waals surface area contributed by atoms with Crippen LogP contribution in [0.25, 0.3) is 16.9 Å². The zero-order valence-corrected chi connectivity index (χ0v) is 27.2. The van der Waals surface area contributed by atoms with Crippen molar-refractivity contribution in [1.29, 1.82) is 0 Å². The van der Waals surface area contributed by atoms with Crippen molar-refractivity contribution in [3.8, 4) is 16.9 Å². The van der Waals surface area contributed by atoms with Gasteiger partial charge in [0, 0.05) is 12.5 Å². The lowest BCUT2D eigenvalue weighted by Gasteiger charge is -2.27. The van der Waals surface area contributed by atoms with Crippen molar-refractivity contribution in [2.45, 2.75) is 64.4 Å². The average Bonchev–Trinajstić information content (AvgIpc) is 3.46. The number of hydrogen-bond acceptors (Lipinski definition) is 10. The third kappa shape index (κ3) is 9.34. The van der Waals surface area contributed by atoms with E-state index in [1.807, 2.05) is 11.6 Å². The van der Waals surface area contributed by atoms with E-state index in [2.05, 4.69) is 15.1 Å². The molecule has 14 nitrogen and oxygen atoms in total. The summed E-state index contributed by atoms with van der Waals surface area (Å²) in [5.41, 5.74) is 0.466. The van der Waals surface area contributed by atoms with Crippen molar-refractivity contribution < 1.29 is 50.5 Å². The van der Waals surface area contributed by atoms with Crippen LogP contribution < -0.4 is 4.72 Å². The van der Waals surface area contributed by atoms with E-state index in [1.54, 1.807) is 45.0 Å². The Morgan fingerprint density at radius 1 is 1.11 bits per heavy atom. The maximum atomic E-state index is 13.6. The molecule has 1 aromatic heterocycles. The first-order valence-corrected chi connectivity index (χ1v) is 15.8. The summed E-state index contributed by atoms with van der Waals surface area (Å²) < 4.78 is 79.4. The van der Waals surface area contributed by atoms with Crippen LogP contribution in [0, 0.1) is 18.0 Å². The van der Waals surface area contributed by atoms with Crippen LogP contribution in [-0.2, 0) is 35.3 Å². The Morgan fingerprint density at radius 2 is 1.72 bits per heavy atom. The van der Waals surface area contributed by atoms with Crippen LogP contribution in [0.1, 0.15) is 45.4 Å². The summed E-state index contributed by atoms with van der Waals surface area (Å²) in [5.74, 6) is -1.64. The van der Waals surface area contributed by atoms with Gasteiger partial charge in [-0.15, -0.1) is 5.01 Å². The van der Waals surface area contributed by atoms with Crippen molar-refractivity contribution in [3.05, 3.63) is 71.1 Å². The fourth-order valence-corrected chi connectivity index (χ4v) is 5.26. The molecular weight excluding hydrogens is 649 g/mol. The van der Waals surface area contributed by atoms with E-state index in [0.29, 0.717) is 12.0 Å². The highest BCUT2D eigenvalue weighted by Crippen LogP contribution is 2.33. The van der Waals surface area contributed by atoms with Gasteiger partial charge in [0.25, 0.3) is 22.2 Å². The van der Waals surface area contributed by atoms with Gasteiger partial charge in [0.2, 0.25) is 5.28 Å². The van der Waals surface area contributed by atoms with E-state index in [0.717, 1.165) is 33.5 Å². The summed E-state index contributed by atoms with van der Waals surface area (Å²) in [6.07, 6.45) is -6.77. The summed E-state index contributed by atoms with van der Waals surface area (Å²) in [5, 5.41) is 20.4. The Bertz CT molecular complexity index is 1680. The molecule has 0 radical (unpaired) electrons. The molecule has 0 bridgehead atoms. The highest BCUT2D eigenvalue weighted by atomic mass is 32.2. The first kappa shape index (κ1) is 36.6. The summed E-state index contributed by atoms with van der Waals surface area (Å²) in [6.45, 7) is 8.01. The van der Waals surface area contributed by atoms with Crippen molar-refractivity contribution in [3.63, 3.8) is 0 Å². The van der Waals surface area contributed by atoms with E-state index in [9.17, 15) is 36.4 Å². The minimum absolute atomic E-state index is 0.0416. The normalized spacial score (nSPS) is 14.1. The van der Waals surface area contributed by atoms with Crippen LogP contribution in [0.15, 0.2) is 64.8 Å². The number of aromatic nitrogens is 2. The first-order chi connectivity index (χ1) is 22.0. The number of likely N-dealkylation sites (N-methyl/N-ethyl adjacent to an activating group) is 1. The molecule has 1 heterocycles. The quantitative estimate of drug-likeness (QED) is 0.0815. The van der Waals surface area contributed by atoms with Crippen LogP contribution in [0.3, 0.4) is 0 Å². The molecule has 0 aliphatic rings. The van der Waals surface area contributed by atoms with E-state index >= 15 is 0 Å². The van der Waals surface area contributed by atoms with Gasteiger partial charge in [-0.25, -0.2) is 22.6 Å².